The Bertz CT molecular complexity index is 951. The molecule has 0 aliphatic heterocycles. The number of aromatic nitrogens is 2. The average molecular weight is 380 g/mol. The van der Waals surface area contributed by atoms with Crippen LogP contribution in [-0.2, 0) is 11.3 Å². The van der Waals surface area contributed by atoms with Crippen LogP contribution in [0.3, 0.4) is 0 Å². The van der Waals surface area contributed by atoms with Crippen LogP contribution in [0.5, 0.6) is 0 Å². The van der Waals surface area contributed by atoms with Gasteiger partial charge in [-0.25, -0.2) is 4.79 Å². The smallest absolute Gasteiger partial charge is 0.338 e. The second-order valence-corrected chi connectivity index (χ2v) is 6.43. The van der Waals surface area contributed by atoms with Gasteiger partial charge in [0.25, 0.3) is 0 Å². The second-order valence-electron chi connectivity index (χ2n) is 6.02. The van der Waals surface area contributed by atoms with Crippen LogP contribution >= 0.6 is 12.2 Å². The summed E-state index contributed by atoms with van der Waals surface area (Å²) >= 11 is 5.34. The van der Waals surface area contributed by atoms with E-state index in [2.05, 4.69) is 15.7 Å². The molecule has 0 saturated carbocycles. The minimum atomic E-state index is -0.361. The lowest BCUT2D eigenvalue weighted by Gasteiger charge is -2.09. The molecule has 2 aromatic carbocycles. The van der Waals surface area contributed by atoms with E-state index in [0.29, 0.717) is 17.2 Å². The summed E-state index contributed by atoms with van der Waals surface area (Å²) in [5.41, 5.74) is 4.22. The maximum atomic E-state index is 11.9. The predicted molar refractivity (Wildman–Crippen MR) is 110 cm³/mol. The van der Waals surface area contributed by atoms with E-state index < -0.39 is 0 Å². The van der Waals surface area contributed by atoms with Gasteiger partial charge in [0.2, 0.25) is 0 Å². The largest absolute Gasteiger partial charge is 0.465 e. The number of ether oxygens (including phenoxy) is 1. The van der Waals surface area contributed by atoms with Gasteiger partial charge in [-0.1, -0.05) is 35.9 Å². The topological polar surface area (TPSA) is 68.2 Å². The molecule has 3 aromatic rings. The zero-order valence-corrected chi connectivity index (χ0v) is 15.9. The van der Waals surface area contributed by atoms with Gasteiger partial charge in [0.05, 0.1) is 31.1 Å². The number of carbonyl (C=O) groups excluding carboxylic acids is 1. The SMILES string of the molecule is COC(=O)c1ccccc1Cn1cc(NC(=S)Nc2ccc(C)cc2)cn1. The summed E-state index contributed by atoms with van der Waals surface area (Å²) in [4.78, 5) is 11.9. The van der Waals surface area contributed by atoms with Crippen molar-refractivity contribution in [2.45, 2.75) is 13.5 Å². The third-order valence-electron chi connectivity index (χ3n) is 3.96. The fourth-order valence-corrected chi connectivity index (χ4v) is 2.82. The Labute approximate surface area is 163 Å². The maximum absolute atomic E-state index is 11.9. The minimum Gasteiger partial charge on any atom is -0.465 e. The highest BCUT2D eigenvalue weighted by Crippen LogP contribution is 2.14. The van der Waals surface area contributed by atoms with Gasteiger partial charge in [-0.05, 0) is 42.9 Å². The molecule has 0 aliphatic carbocycles. The Hall–Kier alpha value is -3.19. The summed E-state index contributed by atoms with van der Waals surface area (Å²) in [6.07, 6.45) is 3.51. The first-order valence-electron chi connectivity index (χ1n) is 8.38. The highest BCUT2D eigenvalue weighted by Gasteiger charge is 2.12. The highest BCUT2D eigenvalue weighted by molar-refractivity contribution is 7.80. The van der Waals surface area contributed by atoms with Crippen LogP contribution < -0.4 is 10.6 Å². The molecule has 0 aliphatic rings. The van der Waals surface area contributed by atoms with Crippen LogP contribution in [0.15, 0.2) is 60.9 Å². The number of rotatable bonds is 5. The molecular formula is C20H20N4O2S. The summed E-state index contributed by atoms with van der Waals surface area (Å²) in [5, 5.41) is 11.0. The molecule has 0 unspecified atom stereocenters. The Morgan fingerprint density at radius 1 is 1.11 bits per heavy atom. The molecular weight excluding hydrogens is 360 g/mol. The summed E-state index contributed by atoms with van der Waals surface area (Å²) < 4.78 is 6.56. The van der Waals surface area contributed by atoms with Crippen LogP contribution in [0, 0.1) is 6.92 Å². The third-order valence-corrected chi connectivity index (χ3v) is 4.16. The molecule has 0 fully saturated rings. The van der Waals surface area contributed by atoms with E-state index >= 15 is 0 Å². The van der Waals surface area contributed by atoms with Crippen molar-refractivity contribution in [2.75, 3.05) is 17.7 Å². The van der Waals surface area contributed by atoms with E-state index in [-0.39, 0.29) is 5.97 Å². The lowest BCUT2D eigenvalue weighted by Crippen LogP contribution is -2.18. The van der Waals surface area contributed by atoms with Gasteiger partial charge in [-0.3, -0.25) is 4.68 Å². The van der Waals surface area contributed by atoms with Gasteiger partial charge in [-0.15, -0.1) is 0 Å². The summed E-state index contributed by atoms with van der Waals surface area (Å²) in [6, 6.07) is 15.3. The number of aryl methyl sites for hydroxylation is 1. The first-order valence-corrected chi connectivity index (χ1v) is 8.79. The Kier molecular flexibility index (Phi) is 5.83. The molecule has 0 radical (unpaired) electrons. The summed E-state index contributed by atoms with van der Waals surface area (Å²) in [5.74, 6) is -0.361. The molecule has 0 spiro atoms. The van der Waals surface area contributed by atoms with Crippen LogP contribution in [0.1, 0.15) is 21.5 Å². The predicted octanol–water partition coefficient (Wildman–Crippen LogP) is 3.84. The number of esters is 1. The van der Waals surface area contributed by atoms with Gasteiger partial charge in [-0.2, -0.15) is 5.10 Å². The first-order chi connectivity index (χ1) is 13.0. The number of hydrogen-bond donors (Lipinski definition) is 2. The lowest BCUT2D eigenvalue weighted by atomic mass is 10.1. The second kappa shape index (κ2) is 8.46. The molecule has 0 saturated heterocycles. The standard InChI is InChI=1S/C20H20N4O2S/c1-14-7-9-16(10-8-14)22-20(27)23-17-11-21-24(13-17)12-15-5-3-4-6-18(15)19(25)26-2/h3-11,13H,12H2,1-2H3,(H2,22,23,27). The van der Waals surface area contributed by atoms with Gasteiger partial charge in [0.15, 0.2) is 5.11 Å². The maximum Gasteiger partial charge on any atom is 0.338 e. The third kappa shape index (κ3) is 4.92. The number of anilines is 2. The van der Waals surface area contributed by atoms with Gasteiger partial charge in [0.1, 0.15) is 0 Å². The molecule has 138 valence electrons. The number of nitrogens with zero attached hydrogens (tertiary/aromatic N) is 2. The van der Waals surface area contributed by atoms with Crippen LogP contribution in [0.4, 0.5) is 11.4 Å². The van der Waals surface area contributed by atoms with Gasteiger partial charge >= 0.3 is 5.97 Å². The molecule has 3 rings (SSSR count). The van der Waals surface area contributed by atoms with Crippen LogP contribution in [0.2, 0.25) is 0 Å². The van der Waals surface area contributed by atoms with Crippen molar-refractivity contribution in [3.05, 3.63) is 77.6 Å². The zero-order valence-electron chi connectivity index (χ0n) is 15.1. The van der Waals surface area contributed by atoms with Crippen LogP contribution in [-0.4, -0.2) is 28.0 Å². The van der Waals surface area contributed by atoms with Crippen molar-refractivity contribution in [3.8, 4) is 0 Å². The number of thiocarbonyl (C=S) groups is 1. The molecule has 27 heavy (non-hydrogen) atoms. The van der Waals surface area contributed by atoms with E-state index in [0.717, 1.165) is 16.9 Å². The molecule has 2 N–H and O–H groups in total. The lowest BCUT2D eigenvalue weighted by molar-refractivity contribution is 0.0599. The number of methoxy groups -OCH3 is 1. The van der Waals surface area contributed by atoms with E-state index in [9.17, 15) is 4.79 Å². The molecule has 7 heteroatoms. The Morgan fingerprint density at radius 2 is 1.81 bits per heavy atom. The van der Waals surface area contributed by atoms with Crippen molar-refractivity contribution in [1.29, 1.82) is 0 Å². The Morgan fingerprint density at radius 3 is 2.56 bits per heavy atom. The number of benzene rings is 2. The molecule has 1 heterocycles. The number of carbonyl (C=O) groups is 1. The zero-order chi connectivity index (χ0) is 19.2. The van der Waals surface area contributed by atoms with Gasteiger partial charge < -0.3 is 15.4 Å². The van der Waals surface area contributed by atoms with E-state index in [1.54, 1.807) is 23.0 Å². The number of hydrogen-bond acceptors (Lipinski definition) is 4. The molecule has 0 atom stereocenters. The summed E-state index contributed by atoms with van der Waals surface area (Å²) in [6.45, 7) is 2.48. The summed E-state index contributed by atoms with van der Waals surface area (Å²) in [7, 11) is 1.37. The first kappa shape index (κ1) is 18.6. The minimum absolute atomic E-state index is 0.361. The quantitative estimate of drug-likeness (QED) is 0.518. The van der Waals surface area contributed by atoms with E-state index in [1.165, 1.54) is 12.7 Å². The molecule has 0 bridgehead atoms. The average Bonchev–Trinajstić information content (AvgIpc) is 3.10. The fraction of sp³-hybridized carbons (Fsp3) is 0.150. The van der Waals surface area contributed by atoms with Crippen molar-refractivity contribution in [2.24, 2.45) is 0 Å². The Balaban J connectivity index is 1.64. The van der Waals surface area contributed by atoms with E-state index in [1.807, 2.05) is 49.5 Å². The molecule has 6 nitrogen and oxygen atoms in total. The van der Waals surface area contributed by atoms with Crippen molar-refractivity contribution >= 4 is 34.7 Å². The highest BCUT2D eigenvalue weighted by atomic mass is 32.1. The fourth-order valence-electron chi connectivity index (χ4n) is 2.59. The van der Waals surface area contributed by atoms with E-state index in [4.69, 9.17) is 17.0 Å². The van der Waals surface area contributed by atoms with Gasteiger partial charge in [0, 0.05) is 11.9 Å². The van der Waals surface area contributed by atoms with Crippen molar-refractivity contribution < 1.29 is 9.53 Å². The van der Waals surface area contributed by atoms with Crippen molar-refractivity contribution in [1.82, 2.24) is 9.78 Å². The molecule has 0 amide bonds. The normalized spacial score (nSPS) is 10.3. The van der Waals surface area contributed by atoms with Crippen LogP contribution in [0.25, 0.3) is 0 Å². The number of nitrogens with one attached hydrogen (secondary N) is 2. The molecule has 1 aromatic heterocycles. The van der Waals surface area contributed by atoms with Crippen molar-refractivity contribution in [3.63, 3.8) is 0 Å². The monoisotopic (exact) mass is 380 g/mol.